The summed E-state index contributed by atoms with van der Waals surface area (Å²) in [7, 11) is -4.35. The first-order chi connectivity index (χ1) is 5.42. The predicted octanol–water partition coefficient (Wildman–Crippen LogP) is -1.38. The van der Waals surface area contributed by atoms with E-state index in [9.17, 15) is 4.57 Å². The van der Waals surface area contributed by atoms with E-state index < -0.39 is 7.82 Å². The predicted molar refractivity (Wildman–Crippen MR) is 42.8 cm³/mol. The van der Waals surface area contributed by atoms with Crippen molar-refractivity contribution in [2.24, 2.45) is 5.73 Å². The Hall–Kier alpha value is -0.460. The molecule has 0 spiro atoms. The van der Waals surface area contributed by atoms with Crippen LogP contribution in [0.25, 0.3) is 0 Å². The molecule has 0 rings (SSSR count). The van der Waals surface area contributed by atoms with Gasteiger partial charge in [-0.05, 0) is 0 Å². The molecule has 6 N–H and O–H groups in total. The van der Waals surface area contributed by atoms with Crippen molar-refractivity contribution in [2.75, 3.05) is 19.7 Å². The van der Waals surface area contributed by atoms with Crippen LogP contribution in [-0.2, 0) is 9.09 Å². The molecule has 0 aromatic heterocycles. The highest BCUT2D eigenvalue weighted by Gasteiger charge is 2.12. The fourth-order valence-electron chi connectivity index (χ4n) is 0.460. The minimum absolute atomic E-state index is 0.0359. The van der Waals surface area contributed by atoms with Gasteiger partial charge in [-0.1, -0.05) is 0 Å². The molecule has 0 aromatic rings. The molecule has 0 saturated heterocycles. The second-order valence-corrected chi connectivity index (χ2v) is 3.27. The van der Waals surface area contributed by atoms with Gasteiger partial charge < -0.3 is 20.8 Å². The largest absolute Gasteiger partial charge is 0.469 e. The summed E-state index contributed by atoms with van der Waals surface area (Å²) in [6, 6.07) is 0. The van der Waals surface area contributed by atoms with E-state index in [4.69, 9.17) is 20.9 Å². The maximum atomic E-state index is 10.1. The fourth-order valence-corrected chi connectivity index (χ4v) is 0.789. The van der Waals surface area contributed by atoms with Crippen molar-refractivity contribution < 1.29 is 18.9 Å². The Balaban J connectivity index is 3.23. The molecule has 0 atom stereocenters. The van der Waals surface area contributed by atoms with Gasteiger partial charge in [0.15, 0.2) is 0 Å². The lowest BCUT2D eigenvalue weighted by atomic mass is 10.5. The summed E-state index contributed by atoms with van der Waals surface area (Å²) in [5.41, 5.74) is 4.99. The minimum Gasteiger partial charge on any atom is -0.387 e. The number of amidine groups is 1. The Morgan fingerprint density at radius 2 is 2.25 bits per heavy atom. The molecule has 0 aliphatic rings. The summed E-state index contributed by atoms with van der Waals surface area (Å²) in [6.07, 6.45) is 0. The van der Waals surface area contributed by atoms with Crippen molar-refractivity contribution >= 4 is 13.7 Å². The normalized spacial score (nSPS) is 11.5. The van der Waals surface area contributed by atoms with Gasteiger partial charge in [0.05, 0.1) is 13.2 Å². The number of hydrogen-bond donors (Lipinski definition) is 5. The number of nitrogens with two attached hydrogens (primary N) is 1. The first kappa shape index (κ1) is 11.5. The van der Waals surface area contributed by atoms with E-state index in [0.717, 1.165) is 0 Å². The molecule has 7 nitrogen and oxygen atoms in total. The third kappa shape index (κ3) is 9.54. The molecule has 0 fully saturated rings. The quantitative estimate of drug-likeness (QED) is 0.154. The molecule has 0 radical (unpaired) electrons. The van der Waals surface area contributed by atoms with E-state index in [1.165, 1.54) is 0 Å². The van der Waals surface area contributed by atoms with E-state index in [1.54, 1.807) is 0 Å². The molecule has 12 heavy (non-hydrogen) atoms. The highest BCUT2D eigenvalue weighted by molar-refractivity contribution is 7.46. The van der Waals surface area contributed by atoms with Gasteiger partial charge in [-0.15, -0.1) is 0 Å². The van der Waals surface area contributed by atoms with E-state index in [1.807, 2.05) is 0 Å². The third-order valence-corrected chi connectivity index (χ3v) is 1.37. The van der Waals surface area contributed by atoms with Gasteiger partial charge >= 0.3 is 7.82 Å². The maximum Gasteiger partial charge on any atom is 0.469 e. The van der Waals surface area contributed by atoms with E-state index in [2.05, 4.69) is 9.84 Å². The molecule has 0 bridgehead atoms. The Morgan fingerprint density at radius 3 is 2.67 bits per heavy atom. The molecule has 0 saturated carbocycles. The summed E-state index contributed by atoms with van der Waals surface area (Å²) in [4.78, 5) is 16.4. The zero-order valence-corrected chi connectivity index (χ0v) is 7.25. The van der Waals surface area contributed by atoms with Gasteiger partial charge in [0, 0.05) is 6.54 Å². The average molecular weight is 197 g/mol. The van der Waals surface area contributed by atoms with Crippen molar-refractivity contribution in [3.8, 4) is 0 Å². The summed E-state index contributed by atoms with van der Waals surface area (Å²) in [6.45, 7) is 0.312. The van der Waals surface area contributed by atoms with Crippen LogP contribution in [0.15, 0.2) is 0 Å². The number of hydrogen-bond acceptors (Lipinski definition) is 4. The average Bonchev–Trinajstić information content (AvgIpc) is 1.83. The van der Waals surface area contributed by atoms with Crippen LogP contribution in [0.5, 0.6) is 0 Å². The number of phosphoric ester groups is 1. The summed E-state index contributed by atoms with van der Waals surface area (Å²) in [5, 5.41) is 9.41. The molecule has 8 heteroatoms. The van der Waals surface area contributed by atoms with Crippen LogP contribution >= 0.6 is 7.82 Å². The topological polar surface area (TPSA) is 129 Å². The molecular weight excluding hydrogens is 185 g/mol. The van der Waals surface area contributed by atoms with Crippen molar-refractivity contribution in [1.29, 1.82) is 5.41 Å². The summed E-state index contributed by atoms with van der Waals surface area (Å²) >= 11 is 0. The van der Waals surface area contributed by atoms with Gasteiger partial charge in [0.1, 0.15) is 5.84 Å². The highest BCUT2D eigenvalue weighted by atomic mass is 31.2. The van der Waals surface area contributed by atoms with Crippen molar-refractivity contribution in [1.82, 2.24) is 5.32 Å². The van der Waals surface area contributed by atoms with Crippen LogP contribution < -0.4 is 11.1 Å². The first-order valence-corrected chi connectivity index (χ1v) is 4.68. The molecule has 0 heterocycles. The van der Waals surface area contributed by atoms with Crippen molar-refractivity contribution in [3.63, 3.8) is 0 Å². The SMILES string of the molecule is N=C(N)CNCCOP(=O)(O)O. The van der Waals surface area contributed by atoms with Crippen LogP contribution in [0.2, 0.25) is 0 Å². The van der Waals surface area contributed by atoms with Crippen LogP contribution in [0.3, 0.4) is 0 Å². The molecule has 0 unspecified atom stereocenters. The molecule has 0 aliphatic heterocycles. The Labute approximate surface area is 69.7 Å². The lowest BCUT2D eigenvalue weighted by Crippen LogP contribution is -2.30. The monoisotopic (exact) mass is 197 g/mol. The maximum absolute atomic E-state index is 10.1. The number of nitrogens with one attached hydrogen (secondary N) is 2. The van der Waals surface area contributed by atoms with Crippen molar-refractivity contribution in [3.05, 3.63) is 0 Å². The molecule has 0 aromatic carbocycles. The zero-order chi connectivity index (χ0) is 9.61. The Morgan fingerprint density at radius 1 is 1.67 bits per heavy atom. The lowest BCUT2D eigenvalue weighted by Gasteiger charge is -2.05. The standard InChI is InChI=1S/C4H12N3O4P/c5-4(6)3-7-1-2-11-12(8,9)10/h7H,1-3H2,(H3,5,6)(H2,8,9,10). The van der Waals surface area contributed by atoms with Gasteiger partial charge in [-0.25, -0.2) is 4.57 Å². The second-order valence-electron chi connectivity index (χ2n) is 2.03. The van der Waals surface area contributed by atoms with Crippen LogP contribution in [0.1, 0.15) is 0 Å². The van der Waals surface area contributed by atoms with Gasteiger partial charge in [0.25, 0.3) is 0 Å². The van der Waals surface area contributed by atoms with Crippen LogP contribution in [0.4, 0.5) is 0 Å². The van der Waals surface area contributed by atoms with Gasteiger partial charge in [-0.3, -0.25) is 9.93 Å². The first-order valence-electron chi connectivity index (χ1n) is 3.15. The fraction of sp³-hybridized carbons (Fsp3) is 0.750. The van der Waals surface area contributed by atoms with E-state index in [-0.39, 0.29) is 25.5 Å². The number of phosphoric acid groups is 1. The highest BCUT2D eigenvalue weighted by Crippen LogP contribution is 2.34. The van der Waals surface area contributed by atoms with Gasteiger partial charge in [0.2, 0.25) is 0 Å². The summed E-state index contributed by atoms with van der Waals surface area (Å²) in [5.74, 6) is -0.0359. The lowest BCUT2D eigenvalue weighted by molar-refractivity contribution is 0.198. The van der Waals surface area contributed by atoms with Gasteiger partial charge in [-0.2, -0.15) is 0 Å². The number of rotatable bonds is 6. The van der Waals surface area contributed by atoms with Crippen LogP contribution in [0, 0.1) is 5.41 Å². The Kier molecular flexibility index (Phi) is 5.03. The Bertz CT molecular complexity index is 191. The van der Waals surface area contributed by atoms with Crippen molar-refractivity contribution in [2.45, 2.75) is 0 Å². The zero-order valence-electron chi connectivity index (χ0n) is 6.36. The smallest absolute Gasteiger partial charge is 0.387 e. The van der Waals surface area contributed by atoms with E-state index >= 15 is 0 Å². The summed E-state index contributed by atoms with van der Waals surface area (Å²) < 4.78 is 14.2. The molecular formula is C4H12N3O4P. The second kappa shape index (κ2) is 5.23. The van der Waals surface area contributed by atoms with E-state index in [0.29, 0.717) is 0 Å². The molecule has 0 aliphatic carbocycles. The molecule has 72 valence electrons. The van der Waals surface area contributed by atoms with Crippen LogP contribution in [-0.4, -0.2) is 35.3 Å². The third-order valence-electron chi connectivity index (χ3n) is 0.854. The molecule has 0 amide bonds. The minimum atomic E-state index is -4.35.